The van der Waals surface area contributed by atoms with E-state index in [9.17, 15) is 15.2 Å². The molecule has 2 unspecified atom stereocenters. The molecule has 19 heavy (non-hydrogen) atoms. The molecule has 1 fully saturated rings. The van der Waals surface area contributed by atoms with Gasteiger partial charge in [0.15, 0.2) is 0 Å². The molecule has 1 aromatic rings. The normalized spacial score (nSPS) is 22.4. The minimum atomic E-state index is -0.514. The van der Waals surface area contributed by atoms with Crippen LogP contribution in [0.3, 0.4) is 0 Å². The molecule has 1 saturated carbocycles. The second-order valence-electron chi connectivity index (χ2n) is 4.75. The molecular weight excluding hydrogens is 250 g/mol. The van der Waals surface area contributed by atoms with Crippen LogP contribution in [0.1, 0.15) is 25.0 Å². The number of hydrogen-bond acceptors (Lipinski definition) is 7. The minimum absolute atomic E-state index is 0.00384. The van der Waals surface area contributed by atoms with E-state index < -0.39 is 4.92 Å². The maximum atomic E-state index is 11.1. The van der Waals surface area contributed by atoms with Crippen LogP contribution >= 0.6 is 0 Å². The number of nitro groups is 1. The average Bonchev–Trinajstić information content (AvgIpc) is 2.74. The first kappa shape index (κ1) is 13.5. The summed E-state index contributed by atoms with van der Waals surface area (Å²) in [5, 5.41) is 23.4. The van der Waals surface area contributed by atoms with Gasteiger partial charge in [-0.25, -0.2) is 4.98 Å². The van der Waals surface area contributed by atoms with Gasteiger partial charge in [0.05, 0.1) is 4.92 Å². The predicted octanol–water partition coefficient (Wildman–Crippen LogP) is 0.848. The number of nitrogens with one attached hydrogen (secondary N) is 1. The van der Waals surface area contributed by atoms with E-state index in [1.807, 2.05) is 0 Å². The lowest BCUT2D eigenvalue weighted by atomic mass is 10.1. The predicted molar refractivity (Wildman–Crippen MR) is 69.7 cm³/mol. The van der Waals surface area contributed by atoms with Gasteiger partial charge in [-0.05, 0) is 19.8 Å². The van der Waals surface area contributed by atoms with E-state index in [4.69, 9.17) is 5.73 Å². The van der Waals surface area contributed by atoms with Crippen molar-refractivity contribution in [3.8, 4) is 0 Å². The first-order valence-corrected chi connectivity index (χ1v) is 6.18. The molecule has 4 N–H and O–H groups in total. The van der Waals surface area contributed by atoms with Crippen molar-refractivity contribution in [2.75, 3.05) is 17.7 Å². The van der Waals surface area contributed by atoms with E-state index in [2.05, 4.69) is 15.3 Å². The Morgan fingerprint density at radius 3 is 2.89 bits per heavy atom. The van der Waals surface area contributed by atoms with E-state index >= 15 is 0 Å². The van der Waals surface area contributed by atoms with Crippen molar-refractivity contribution in [1.29, 1.82) is 0 Å². The highest BCUT2D eigenvalue weighted by Crippen LogP contribution is 2.32. The molecule has 8 heteroatoms. The van der Waals surface area contributed by atoms with Gasteiger partial charge >= 0.3 is 5.69 Å². The monoisotopic (exact) mass is 267 g/mol. The van der Waals surface area contributed by atoms with Gasteiger partial charge in [-0.15, -0.1) is 0 Å². The fraction of sp³-hybridized carbons (Fsp3) is 0.636. The van der Waals surface area contributed by atoms with Gasteiger partial charge in [-0.2, -0.15) is 4.98 Å². The molecule has 0 saturated heterocycles. The number of aromatic nitrogens is 2. The number of hydrogen-bond donors (Lipinski definition) is 3. The summed E-state index contributed by atoms with van der Waals surface area (Å²) in [5.41, 5.74) is 5.62. The number of nitrogens with two attached hydrogens (primary N) is 1. The summed E-state index contributed by atoms with van der Waals surface area (Å²) in [4.78, 5) is 18.3. The van der Waals surface area contributed by atoms with E-state index in [1.54, 1.807) is 0 Å². The molecule has 0 aromatic carbocycles. The lowest BCUT2D eigenvalue weighted by Gasteiger charge is -2.19. The van der Waals surface area contributed by atoms with E-state index in [-0.39, 0.29) is 41.7 Å². The van der Waals surface area contributed by atoms with E-state index in [0.29, 0.717) is 0 Å². The standard InChI is InChI=1S/C11H17N5O3/c1-6-9(16(18)19)10(15-11(12)13-6)14-8-4-2-3-7(8)5-17/h7-8,17H,2-5H2,1H3,(H3,12,13,14,15). The molecule has 0 radical (unpaired) electrons. The van der Waals surface area contributed by atoms with Gasteiger partial charge in [-0.1, -0.05) is 6.42 Å². The number of nitrogen functional groups attached to an aromatic ring is 1. The largest absolute Gasteiger partial charge is 0.396 e. The van der Waals surface area contributed by atoms with Crippen molar-refractivity contribution in [1.82, 2.24) is 9.97 Å². The third-order valence-corrected chi connectivity index (χ3v) is 3.47. The van der Waals surface area contributed by atoms with Gasteiger partial charge in [0.2, 0.25) is 11.8 Å². The molecule has 0 spiro atoms. The average molecular weight is 267 g/mol. The number of nitrogens with zero attached hydrogens (tertiary/aromatic N) is 3. The Kier molecular flexibility index (Phi) is 3.79. The van der Waals surface area contributed by atoms with Crippen LogP contribution in [0, 0.1) is 23.0 Å². The fourth-order valence-electron chi connectivity index (χ4n) is 2.53. The van der Waals surface area contributed by atoms with Crippen molar-refractivity contribution < 1.29 is 10.0 Å². The molecule has 1 aromatic heterocycles. The molecule has 1 aliphatic carbocycles. The minimum Gasteiger partial charge on any atom is -0.396 e. The summed E-state index contributed by atoms with van der Waals surface area (Å²) in [6.07, 6.45) is 2.74. The van der Waals surface area contributed by atoms with Crippen molar-refractivity contribution in [2.24, 2.45) is 5.92 Å². The number of rotatable bonds is 4. The van der Waals surface area contributed by atoms with Crippen molar-refractivity contribution in [2.45, 2.75) is 32.2 Å². The SMILES string of the molecule is Cc1nc(N)nc(NC2CCCC2CO)c1[N+](=O)[O-]. The maximum absolute atomic E-state index is 11.1. The summed E-state index contributed by atoms with van der Waals surface area (Å²) in [6, 6.07) is -0.0163. The van der Waals surface area contributed by atoms with Gasteiger partial charge in [0, 0.05) is 18.6 Å². The topological polar surface area (TPSA) is 127 Å². The molecule has 8 nitrogen and oxygen atoms in total. The number of anilines is 2. The Hall–Kier alpha value is -1.96. The first-order chi connectivity index (χ1) is 9.02. The number of aliphatic hydroxyl groups excluding tert-OH is 1. The van der Waals surface area contributed by atoms with Crippen LogP contribution in [0.2, 0.25) is 0 Å². The van der Waals surface area contributed by atoms with Crippen LogP contribution in [0.5, 0.6) is 0 Å². The first-order valence-electron chi connectivity index (χ1n) is 6.18. The Balaban J connectivity index is 2.31. The zero-order valence-electron chi connectivity index (χ0n) is 10.7. The van der Waals surface area contributed by atoms with Crippen LogP contribution in [-0.2, 0) is 0 Å². The molecule has 104 valence electrons. The summed E-state index contributed by atoms with van der Waals surface area (Å²) >= 11 is 0. The van der Waals surface area contributed by atoms with Crippen LogP contribution in [-0.4, -0.2) is 32.6 Å². The van der Waals surface area contributed by atoms with Gasteiger partial charge in [0.25, 0.3) is 0 Å². The Morgan fingerprint density at radius 1 is 1.53 bits per heavy atom. The Bertz CT molecular complexity index is 493. The lowest BCUT2D eigenvalue weighted by Crippen LogP contribution is -2.27. The zero-order chi connectivity index (χ0) is 14.0. The van der Waals surface area contributed by atoms with E-state index in [1.165, 1.54) is 6.92 Å². The summed E-state index contributed by atoms with van der Waals surface area (Å²) in [5.74, 6) is 0.237. The molecule has 2 atom stereocenters. The maximum Gasteiger partial charge on any atom is 0.332 e. The highest BCUT2D eigenvalue weighted by Gasteiger charge is 2.30. The van der Waals surface area contributed by atoms with Crippen LogP contribution in [0.25, 0.3) is 0 Å². The quantitative estimate of drug-likeness (QED) is 0.545. The highest BCUT2D eigenvalue weighted by molar-refractivity contribution is 5.60. The van der Waals surface area contributed by atoms with Crippen molar-refractivity contribution >= 4 is 17.5 Å². The van der Waals surface area contributed by atoms with Gasteiger partial charge in [-0.3, -0.25) is 10.1 Å². The van der Waals surface area contributed by atoms with Crippen molar-refractivity contribution in [3.63, 3.8) is 0 Å². The molecule has 1 heterocycles. The molecule has 1 aliphatic rings. The van der Waals surface area contributed by atoms with Crippen LogP contribution < -0.4 is 11.1 Å². The molecule has 0 bridgehead atoms. The third kappa shape index (κ3) is 2.73. The molecular formula is C11H17N5O3. The number of aryl methyl sites for hydroxylation is 1. The van der Waals surface area contributed by atoms with Crippen molar-refractivity contribution in [3.05, 3.63) is 15.8 Å². The summed E-state index contributed by atoms with van der Waals surface area (Å²) in [7, 11) is 0. The Labute approximate surface area is 110 Å². The molecule has 0 amide bonds. The van der Waals surface area contributed by atoms with Gasteiger partial charge < -0.3 is 16.2 Å². The second-order valence-corrected chi connectivity index (χ2v) is 4.75. The fourth-order valence-corrected chi connectivity index (χ4v) is 2.53. The lowest BCUT2D eigenvalue weighted by molar-refractivity contribution is -0.385. The van der Waals surface area contributed by atoms with Crippen LogP contribution in [0.4, 0.5) is 17.5 Å². The molecule has 0 aliphatic heterocycles. The highest BCUT2D eigenvalue weighted by atomic mass is 16.6. The second kappa shape index (κ2) is 5.35. The van der Waals surface area contributed by atoms with Crippen LogP contribution in [0.15, 0.2) is 0 Å². The zero-order valence-corrected chi connectivity index (χ0v) is 10.7. The summed E-state index contributed by atoms with van der Waals surface area (Å²) in [6.45, 7) is 1.59. The summed E-state index contributed by atoms with van der Waals surface area (Å²) < 4.78 is 0. The Morgan fingerprint density at radius 2 is 2.26 bits per heavy atom. The van der Waals surface area contributed by atoms with Gasteiger partial charge in [0.1, 0.15) is 5.69 Å². The number of aliphatic hydroxyl groups is 1. The third-order valence-electron chi connectivity index (χ3n) is 3.47. The molecule has 2 rings (SSSR count). The van der Waals surface area contributed by atoms with E-state index in [0.717, 1.165) is 19.3 Å². The smallest absolute Gasteiger partial charge is 0.332 e.